The summed E-state index contributed by atoms with van der Waals surface area (Å²) in [5, 5.41) is 0.493. The first-order valence-electron chi connectivity index (χ1n) is 6.05. The highest BCUT2D eigenvalue weighted by Gasteiger charge is 2.25. The van der Waals surface area contributed by atoms with Gasteiger partial charge in [-0.05, 0) is 54.0 Å². The van der Waals surface area contributed by atoms with Gasteiger partial charge in [0.15, 0.2) is 0 Å². The second-order valence-electron chi connectivity index (χ2n) is 4.69. The topological polar surface area (TPSA) is 49.4 Å². The Balaban J connectivity index is 1.95. The fourth-order valence-electron chi connectivity index (χ4n) is 1.78. The van der Waals surface area contributed by atoms with E-state index in [4.69, 9.17) is 11.6 Å². The molecule has 2 rings (SSSR count). The number of hydrogen-bond acceptors (Lipinski definition) is 3. The first-order chi connectivity index (χ1) is 8.90. The first kappa shape index (κ1) is 15.3. The molecule has 1 aromatic carbocycles. The molecule has 106 valence electrons. The molecule has 0 unspecified atom stereocenters. The predicted molar refractivity (Wildman–Crippen MR) is 80.0 cm³/mol. The molecule has 1 N–H and O–H groups in total. The lowest BCUT2D eigenvalue weighted by Gasteiger charge is -2.15. The van der Waals surface area contributed by atoms with Gasteiger partial charge in [0, 0.05) is 23.6 Å². The molecule has 1 aliphatic carbocycles. The summed E-state index contributed by atoms with van der Waals surface area (Å²) in [6.07, 6.45) is 2.43. The number of hydrogen-bond donors (Lipinski definition) is 1. The normalized spacial score (nSPS) is 16.0. The second-order valence-corrected chi connectivity index (χ2v) is 7.71. The van der Waals surface area contributed by atoms with E-state index in [1.807, 2.05) is 7.05 Å². The van der Waals surface area contributed by atoms with Crippen LogP contribution in [0.4, 0.5) is 0 Å². The van der Waals surface area contributed by atoms with Gasteiger partial charge in [-0.25, -0.2) is 13.1 Å². The lowest BCUT2D eigenvalue weighted by Crippen LogP contribution is -2.34. The van der Waals surface area contributed by atoms with E-state index in [0.29, 0.717) is 22.1 Å². The summed E-state index contributed by atoms with van der Waals surface area (Å²) in [7, 11) is -1.45. The molecular formula is C12H16BrClN2O2S. The van der Waals surface area contributed by atoms with Gasteiger partial charge >= 0.3 is 0 Å². The quantitative estimate of drug-likeness (QED) is 0.840. The number of sulfonamides is 1. The molecule has 0 heterocycles. The van der Waals surface area contributed by atoms with Crippen molar-refractivity contribution in [1.29, 1.82) is 0 Å². The van der Waals surface area contributed by atoms with E-state index in [2.05, 4.69) is 25.6 Å². The molecule has 1 saturated carbocycles. The maximum absolute atomic E-state index is 12.1. The molecule has 0 spiro atoms. The van der Waals surface area contributed by atoms with E-state index < -0.39 is 10.0 Å². The third-order valence-corrected chi connectivity index (χ3v) is 5.80. The standard InChI is InChI=1S/C12H16BrClN2O2S/c1-16(9-2-3-9)7-6-15-19(17,18)10-4-5-12(14)11(13)8-10/h4-5,8-9,15H,2-3,6-7H2,1H3. The van der Waals surface area contributed by atoms with Crippen LogP contribution in [0.3, 0.4) is 0 Å². The van der Waals surface area contributed by atoms with Crippen LogP contribution in [-0.4, -0.2) is 39.5 Å². The molecule has 1 fully saturated rings. The zero-order valence-corrected chi connectivity index (χ0v) is 13.7. The van der Waals surface area contributed by atoms with Crippen molar-refractivity contribution in [2.24, 2.45) is 0 Å². The largest absolute Gasteiger partial charge is 0.302 e. The fourth-order valence-corrected chi connectivity index (χ4v) is 3.48. The van der Waals surface area contributed by atoms with Crippen LogP contribution in [0.5, 0.6) is 0 Å². The fraction of sp³-hybridized carbons (Fsp3) is 0.500. The average Bonchev–Trinajstić information content (AvgIpc) is 3.16. The van der Waals surface area contributed by atoms with E-state index in [1.165, 1.54) is 25.0 Å². The highest BCUT2D eigenvalue weighted by atomic mass is 79.9. The van der Waals surface area contributed by atoms with Gasteiger partial charge in [-0.3, -0.25) is 0 Å². The molecule has 4 nitrogen and oxygen atoms in total. The molecule has 1 aromatic rings. The monoisotopic (exact) mass is 366 g/mol. The number of nitrogens with one attached hydrogen (secondary N) is 1. The first-order valence-corrected chi connectivity index (χ1v) is 8.70. The summed E-state index contributed by atoms with van der Waals surface area (Å²) in [5.41, 5.74) is 0. The van der Waals surface area contributed by atoms with Gasteiger partial charge in [-0.1, -0.05) is 11.6 Å². The Kier molecular flexibility index (Phi) is 4.89. The van der Waals surface area contributed by atoms with Crippen LogP contribution >= 0.6 is 27.5 Å². The zero-order valence-electron chi connectivity index (χ0n) is 10.6. The minimum Gasteiger partial charge on any atom is -0.302 e. The Morgan fingerprint density at radius 3 is 2.74 bits per heavy atom. The van der Waals surface area contributed by atoms with Crippen molar-refractivity contribution in [1.82, 2.24) is 9.62 Å². The molecular weight excluding hydrogens is 352 g/mol. The van der Waals surface area contributed by atoms with Crippen molar-refractivity contribution in [3.05, 3.63) is 27.7 Å². The Morgan fingerprint density at radius 2 is 2.16 bits per heavy atom. The van der Waals surface area contributed by atoms with Crippen molar-refractivity contribution in [3.8, 4) is 0 Å². The van der Waals surface area contributed by atoms with Gasteiger partial charge in [0.2, 0.25) is 10.0 Å². The summed E-state index contributed by atoms with van der Waals surface area (Å²) in [5.74, 6) is 0. The van der Waals surface area contributed by atoms with Crippen molar-refractivity contribution in [2.75, 3.05) is 20.1 Å². The van der Waals surface area contributed by atoms with Gasteiger partial charge in [0.1, 0.15) is 0 Å². The Bertz CT molecular complexity index is 561. The second kappa shape index (κ2) is 6.10. The van der Waals surface area contributed by atoms with Gasteiger partial charge in [0.25, 0.3) is 0 Å². The van der Waals surface area contributed by atoms with Gasteiger partial charge in [-0.2, -0.15) is 0 Å². The van der Waals surface area contributed by atoms with Crippen LogP contribution in [0.15, 0.2) is 27.6 Å². The van der Waals surface area contributed by atoms with Crippen molar-refractivity contribution in [2.45, 2.75) is 23.8 Å². The lowest BCUT2D eigenvalue weighted by molar-refractivity contribution is 0.329. The maximum Gasteiger partial charge on any atom is 0.240 e. The summed E-state index contributed by atoms with van der Waals surface area (Å²) in [6.45, 7) is 1.13. The van der Waals surface area contributed by atoms with E-state index in [-0.39, 0.29) is 4.90 Å². The predicted octanol–water partition coefficient (Wildman–Crippen LogP) is 2.48. The number of benzene rings is 1. The number of halogens is 2. The zero-order chi connectivity index (χ0) is 14.0. The van der Waals surface area contributed by atoms with Crippen LogP contribution in [0.2, 0.25) is 5.02 Å². The summed E-state index contributed by atoms with van der Waals surface area (Å²) in [4.78, 5) is 2.40. The van der Waals surface area contributed by atoms with E-state index in [9.17, 15) is 8.42 Å². The van der Waals surface area contributed by atoms with Crippen molar-refractivity contribution in [3.63, 3.8) is 0 Å². The van der Waals surface area contributed by atoms with Gasteiger partial charge < -0.3 is 4.90 Å². The Hall–Kier alpha value is -0.140. The summed E-state index contributed by atoms with van der Waals surface area (Å²) >= 11 is 9.07. The maximum atomic E-state index is 12.1. The SMILES string of the molecule is CN(CCNS(=O)(=O)c1ccc(Cl)c(Br)c1)C1CC1. The van der Waals surface area contributed by atoms with Crippen molar-refractivity contribution >= 4 is 37.6 Å². The summed E-state index contributed by atoms with van der Waals surface area (Å²) in [6, 6.07) is 5.21. The summed E-state index contributed by atoms with van der Waals surface area (Å²) < 4.78 is 27.3. The highest BCUT2D eigenvalue weighted by Crippen LogP contribution is 2.26. The molecule has 0 radical (unpaired) electrons. The third kappa shape index (κ3) is 4.16. The molecule has 0 aromatic heterocycles. The van der Waals surface area contributed by atoms with Crippen LogP contribution in [0.1, 0.15) is 12.8 Å². The molecule has 0 aliphatic heterocycles. The highest BCUT2D eigenvalue weighted by molar-refractivity contribution is 9.10. The third-order valence-electron chi connectivity index (χ3n) is 3.13. The van der Waals surface area contributed by atoms with Crippen LogP contribution in [0, 0.1) is 0 Å². The minimum absolute atomic E-state index is 0.220. The van der Waals surface area contributed by atoms with E-state index in [0.717, 1.165) is 6.54 Å². The number of rotatable bonds is 6. The van der Waals surface area contributed by atoms with Crippen LogP contribution in [-0.2, 0) is 10.0 Å². The molecule has 0 amide bonds. The average molecular weight is 368 g/mol. The number of nitrogens with zero attached hydrogens (tertiary/aromatic N) is 1. The molecule has 0 saturated heterocycles. The van der Waals surface area contributed by atoms with E-state index in [1.54, 1.807) is 6.07 Å². The molecule has 0 atom stereocenters. The number of likely N-dealkylation sites (N-methyl/N-ethyl adjacent to an activating group) is 1. The smallest absolute Gasteiger partial charge is 0.240 e. The van der Waals surface area contributed by atoms with Crippen LogP contribution in [0.25, 0.3) is 0 Å². The lowest BCUT2D eigenvalue weighted by atomic mass is 10.4. The molecule has 1 aliphatic rings. The molecule has 7 heteroatoms. The minimum atomic E-state index is -3.47. The van der Waals surface area contributed by atoms with E-state index >= 15 is 0 Å². The van der Waals surface area contributed by atoms with Gasteiger partial charge in [0.05, 0.1) is 9.92 Å². The van der Waals surface area contributed by atoms with Gasteiger partial charge in [-0.15, -0.1) is 0 Å². The Labute approximate surface area is 127 Å². The Morgan fingerprint density at radius 1 is 1.47 bits per heavy atom. The molecule has 0 bridgehead atoms. The molecule has 19 heavy (non-hydrogen) atoms. The van der Waals surface area contributed by atoms with Crippen molar-refractivity contribution < 1.29 is 8.42 Å². The van der Waals surface area contributed by atoms with Crippen LogP contribution < -0.4 is 4.72 Å².